The smallest absolute Gasteiger partial charge is 0.264 e. The third-order valence-electron chi connectivity index (χ3n) is 1.67. The topological polar surface area (TPSA) is 55.2 Å². The van der Waals surface area contributed by atoms with Crippen LogP contribution in [0, 0.1) is 0 Å². The molecule has 0 unspecified atom stereocenters. The first-order valence-electron chi connectivity index (χ1n) is 4.01. The van der Waals surface area contributed by atoms with Gasteiger partial charge in [-0.1, -0.05) is 0 Å². The van der Waals surface area contributed by atoms with E-state index in [1.165, 1.54) is 12.4 Å². The quantitative estimate of drug-likeness (QED) is 0.711. The van der Waals surface area contributed by atoms with Crippen LogP contribution < -0.4 is 0 Å². The molecule has 1 heterocycles. The summed E-state index contributed by atoms with van der Waals surface area (Å²) >= 11 is 0. The van der Waals surface area contributed by atoms with Gasteiger partial charge < -0.3 is 4.90 Å². The van der Waals surface area contributed by atoms with Crippen LogP contribution in [0.5, 0.6) is 0 Å². The molecule has 0 spiro atoms. The number of hydrogen-bond acceptors (Lipinski definition) is 4. The number of halogens is 1. The number of nitrogens with zero attached hydrogens (tertiary/aromatic N) is 3. The fourth-order valence-corrected chi connectivity index (χ4v) is 1.55. The molecule has 0 bridgehead atoms. The van der Waals surface area contributed by atoms with Crippen LogP contribution in [0.1, 0.15) is 0 Å². The standard InChI is InChI=1S/C7H12ClN3O2S/c1-10(2)3-4-11-6-7(5-9-11)14(8,12)13/h5-6H,3-4H2,1-2H3. The van der Waals surface area contributed by atoms with E-state index in [0.29, 0.717) is 6.54 Å². The second-order valence-electron chi connectivity index (χ2n) is 3.18. The predicted octanol–water partition coefficient (Wildman–Crippen LogP) is 0.372. The maximum atomic E-state index is 10.9. The molecule has 1 rings (SSSR count). The first-order chi connectivity index (χ1) is 6.39. The van der Waals surface area contributed by atoms with E-state index in [1.807, 2.05) is 19.0 Å². The van der Waals surface area contributed by atoms with E-state index in [1.54, 1.807) is 4.68 Å². The molecule has 0 amide bonds. The Balaban J connectivity index is 2.70. The van der Waals surface area contributed by atoms with Gasteiger partial charge in [0.15, 0.2) is 0 Å². The van der Waals surface area contributed by atoms with Gasteiger partial charge >= 0.3 is 0 Å². The summed E-state index contributed by atoms with van der Waals surface area (Å²) < 4.78 is 23.3. The zero-order valence-electron chi connectivity index (χ0n) is 8.01. The Labute approximate surface area is 87.7 Å². The van der Waals surface area contributed by atoms with Gasteiger partial charge in [0.2, 0.25) is 0 Å². The van der Waals surface area contributed by atoms with Crippen LogP contribution in [-0.2, 0) is 15.6 Å². The van der Waals surface area contributed by atoms with Crippen molar-refractivity contribution in [3.05, 3.63) is 12.4 Å². The molecule has 0 atom stereocenters. The molecule has 0 saturated heterocycles. The summed E-state index contributed by atoms with van der Waals surface area (Å²) in [5, 5.41) is 3.88. The Bertz CT molecular complexity index is 399. The maximum Gasteiger partial charge on any atom is 0.264 e. The molecule has 14 heavy (non-hydrogen) atoms. The van der Waals surface area contributed by atoms with E-state index in [9.17, 15) is 8.42 Å². The highest BCUT2D eigenvalue weighted by Crippen LogP contribution is 2.12. The van der Waals surface area contributed by atoms with Crippen molar-refractivity contribution in [1.29, 1.82) is 0 Å². The molecule has 5 nitrogen and oxygen atoms in total. The van der Waals surface area contributed by atoms with Gasteiger partial charge in [-0.15, -0.1) is 0 Å². The van der Waals surface area contributed by atoms with Crippen molar-refractivity contribution in [1.82, 2.24) is 14.7 Å². The fraction of sp³-hybridized carbons (Fsp3) is 0.571. The minimum atomic E-state index is -3.65. The highest BCUT2D eigenvalue weighted by molar-refractivity contribution is 8.13. The van der Waals surface area contributed by atoms with Gasteiger partial charge in [-0.05, 0) is 14.1 Å². The van der Waals surface area contributed by atoms with E-state index in [-0.39, 0.29) is 4.90 Å². The number of aromatic nitrogens is 2. The minimum Gasteiger partial charge on any atom is -0.308 e. The summed E-state index contributed by atoms with van der Waals surface area (Å²) in [6, 6.07) is 0. The summed E-state index contributed by atoms with van der Waals surface area (Å²) in [6.45, 7) is 1.43. The van der Waals surface area contributed by atoms with E-state index < -0.39 is 9.05 Å². The zero-order valence-corrected chi connectivity index (χ0v) is 9.59. The van der Waals surface area contributed by atoms with E-state index in [2.05, 4.69) is 5.10 Å². The molecule has 0 N–H and O–H groups in total. The van der Waals surface area contributed by atoms with Crippen LogP contribution >= 0.6 is 10.7 Å². The van der Waals surface area contributed by atoms with E-state index >= 15 is 0 Å². The Morgan fingerprint density at radius 2 is 2.21 bits per heavy atom. The molecule has 7 heteroatoms. The van der Waals surface area contributed by atoms with Gasteiger partial charge in [0.1, 0.15) is 4.90 Å². The lowest BCUT2D eigenvalue weighted by molar-refractivity contribution is 0.373. The van der Waals surface area contributed by atoms with Crippen molar-refractivity contribution in [2.24, 2.45) is 0 Å². The summed E-state index contributed by atoms with van der Waals surface area (Å²) in [4.78, 5) is 2.02. The van der Waals surface area contributed by atoms with Crippen LogP contribution in [0.25, 0.3) is 0 Å². The van der Waals surface area contributed by atoms with Crippen LogP contribution in [0.3, 0.4) is 0 Å². The Hall–Kier alpha value is -0.590. The Kier molecular flexibility index (Phi) is 3.52. The summed E-state index contributed by atoms with van der Waals surface area (Å²) in [6.07, 6.45) is 2.67. The predicted molar refractivity (Wildman–Crippen MR) is 53.8 cm³/mol. The maximum absolute atomic E-state index is 10.9. The molecule has 1 aromatic heterocycles. The molecule has 80 valence electrons. The van der Waals surface area contributed by atoms with Crippen molar-refractivity contribution < 1.29 is 8.42 Å². The van der Waals surface area contributed by atoms with Crippen LogP contribution in [-0.4, -0.2) is 43.7 Å². The fourth-order valence-electron chi connectivity index (χ4n) is 0.895. The third kappa shape index (κ3) is 3.28. The second kappa shape index (κ2) is 4.29. The van der Waals surface area contributed by atoms with Gasteiger partial charge in [0, 0.05) is 23.4 Å². The number of rotatable bonds is 4. The van der Waals surface area contributed by atoms with E-state index in [0.717, 1.165) is 6.54 Å². The van der Waals surface area contributed by atoms with Gasteiger partial charge in [0.05, 0.1) is 12.7 Å². The van der Waals surface area contributed by atoms with Crippen molar-refractivity contribution >= 4 is 19.7 Å². The van der Waals surface area contributed by atoms with Crippen LogP contribution in [0.15, 0.2) is 17.3 Å². The summed E-state index contributed by atoms with van der Waals surface area (Å²) in [5.41, 5.74) is 0. The number of hydrogen-bond donors (Lipinski definition) is 0. The molecule has 0 aliphatic carbocycles. The lowest BCUT2D eigenvalue weighted by Gasteiger charge is -2.08. The van der Waals surface area contributed by atoms with Gasteiger partial charge in [-0.3, -0.25) is 4.68 Å². The van der Waals surface area contributed by atoms with Gasteiger partial charge in [-0.2, -0.15) is 5.10 Å². The monoisotopic (exact) mass is 237 g/mol. The highest BCUT2D eigenvalue weighted by atomic mass is 35.7. The van der Waals surface area contributed by atoms with Gasteiger partial charge in [-0.25, -0.2) is 8.42 Å². The molecule has 0 saturated carbocycles. The summed E-state index contributed by atoms with van der Waals surface area (Å²) in [7, 11) is 5.36. The van der Waals surface area contributed by atoms with Crippen molar-refractivity contribution in [2.45, 2.75) is 11.4 Å². The lowest BCUT2D eigenvalue weighted by atomic mass is 10.6. The molecule has 1 aromatic rings. The van der Waals surface area contributed by atoms with Crippen LogP contribution in [0.4, 0.5) is 0 Å². The third-order valence-corrected chi connectivity index (χ3v) is 2.98. The van der Waals surface area contributed by atoms with E-state index in [4.69, 9.17) is 10.7 Å². The lowest BCUT2D eigenvalue weighted by Crippen LogP contribution is -2.18. The normalized spacial score (nSPS) is 12.3. The molecule has 0 radical (unpaired) electrons. The molecule has 0 aliphatic rings. The molecule has 0 aliphatic heterocycles. The Morgan fingerprint density at radius 3 is 2.64 bits per heavy atom. The largest absolute Gasteiger partial charge is 0.308 e. The average molecular weight is 238 g/mol. The first kappa shape index (κ1) is 11.5. The molecular formula is C7H12ClN3O2S. The van der Waals surface area contributed by atoms with Crippen molar-refractivity contribution in [3.63, 3.8) is 0 Å². The minimum absolute atomic E-state index is 0.0397. The highest BCUT2D eigenvalue weighted by Gasteiger charge is 2.12. The molecular weight excluding hydrogens is 226 g/mol. The summed E-state index contributed by atoms with van der Waals surface area (Å²) in [5.74, 6) is 0. The first-order valence-corrected chi connectivity index (χ1v) is 6.32. The molecule has 0 fully saturated rings. The van der Waals surface area contributed by atoms with Gasteiger partial charge in [0.25, 0.3) is 9.05 Å². The second-order valence-corrected chi connectivity index (χ2v) is 5.75. The van der Waals surface area contributed by atoms with Crippen molar-refractivity contribution in [3.8, 4) is 0 Å². The van der Waals surface area contributed by atoms with Crippen molar-refractivity contribution in [2.75, 3.05) is 20.6 Å². The average Bonchev–Trinajstić information content (AvgIpc) is 2.47. The SMILES string of the molecule is CN(C)CCn1cc(S(=O)(=O)Cl)cn1. The Morgan fingerprint density at radius 1 is 1.57 bits per heavy atom. The van der Waals surface area contributed by atoms with Crippen LogP contribution in [0.2, 0.25) is 0 Å². The molecule has 0 aromatic carbocycles. The zero-order chi connectivity index (χ0) is 10.8. The number of likely N-dealkylation sites (N-methyl/N-ethyl adjacent to an activating group) is 1.